The Kier molecular flexibility index (Phi) is 5.10. The van der Waals surface area contributed by atoms with Gasteiger partial charge in [-0.3, -0.25) is 14.8 Å². The molecule has 7 nitrogen and oxygen atoms in total. The van der Waals surface area contributed by atoms with Gasteiger partial charge in [-0.05, 0) is 50.4 Å². The Labute approximate surface area is 173 Å². The van der Waals surface area contributed by atoms with Crippen molar-refractivity contribution in [3.8, 4) is 11.3 Å². The van der Waals surface area contributed by atoms with E-state index in [1.54, 1.807) is 30.5 Å². The fraction of sp³-hybridized carbons (Fsp3) is 0.238. The first kappa shape index (κ1) is 19.2. The molecule has 0 fully saturated rings. The number of rotatable bonds is 5. The number of aryl methyl sites for hydroxylation is 2. The standard InChI is InChI=1S/C21H22N6OS/c1-5-29-27-13(3)8-19(26-27)24-14(4)20-15-9-17(16-10-22-7-6-12(16)2)23-11-18(15)25-21(20)28/h6-11H,5H2,1-4H3,(H,24,26)(H,25,28)/b20-14-. The summed E-state index contributed by atoms with van der Waals surface area (Å²) in [5.74, 6) is 1.50. The van der Waals surface area contributed by atoms with Crippen LogP contribution in [0.3, 0.4) is 0 Å². The maximum atomic E-state index is 12.7. The van der Waals surface area contributed by atoms with Crippen molar-refractivity contribution in [3.63, 3.8) is 0 Å². The van der Waals surface area contributed by atoms with Crippen LogP contribution in [-0.2, 0) is 4.79 Å². The molecule has 2 N–H and O–H groups in total. The van der Waals surface area contributed by atoms with E-state index in [9.17, 15) is 4.79 Å². The molecular weight excluding hydrogens is 384 g/mol. The molecule has 3 aromatic rings. The summed E-state index contributed by atoms with van der Waals surface area (Å²) in [6, 6.07) is 5.86. The molecule has 148 valence electrons. The molecule has 0 bridgehead atoms. The predicted molar refractivity (Wildman–Crippen MR) is 118 cm³/mol. The molecule has 4 rings (SSSR count). The van der Waals surface area contributed by atoms with Gasteiger partial charge in [0.25, 0.3) is 5.91 Å². The number of fused-ring (bicyclic) bond motifs is 1. The van der Waals surface area contributed by atoms with Crippen molar-refractivity contribution in [2.24, 2.45) is 0 Å². The lowest BCUT2D eigenvalue weighted by Gasteiger charge is -2.09. The number of hydrogen-bond acceptors (Lipinski definition) is 6. The Hall–Kier alpha value is -3.13. The number of aromatic nitrogens is 4. The number of nitrogens with zero attached hydrogens (tertiary/aromatic N) is 4. The van der Waals surface area contributed by atoms with Crippen molar-refractivity contribution in [2.75, 3.05) is 16.4 Å². The van der Waals surface area contributed by atoms with E-state index >= 15 is 0 Å². The van der Waals surface area contributed by atoms with Gasteiger partial charge in [0, 0.05) is 41.0 Å². The molecule has 0 aliphatic carbocycles. The Morgan fingerprint density at radius 2 is 2.07 bits per heavy atom. The molecule has 29 heavy (non-hydrogen) atoms. The van der Waals surface area contributed by atoms with Gasteiger partial charge in [0.2, 0.25) is 0 Å². The molecule has 1 aliphatic rings. The maximum Gasteiger partial charge on any atom is 0.258 e. The zero-order valence-electron chi connectivity index (χ0n) is 16.8. The summed E-state index contributed by atoms with van der Waals surface area (Å²) in [4.78, 5) is 21.4. The van der Waals surface area contributed by atoms with Gasteiger partial charge in [-0.25, -0.2) is 4.09 Å². The number of nitrogens with one attached hydrogen (secondary N) is 2. The Morgan fingerprint density at radius 3 is 2.83 bits per heavy atom. The molecule has 4 heterocycles. The largest absolute Gasteiger partial charge is 0.342 e. The van der Waals surface area contributed by atoms with Crippen molar-refractivity contribution in [1.82, 2.24) is 19.2 Å². The average molecular weight is 407 g/mol. The smallest absolute Gasteiger partial charge is 0.258 e. The highest BCUT2D eigenvalue weighted by Crippen LogP contribution is 2.36. The van der Waals surface area contributed by atoms with Gasteiger partial charge in [-0.2, -0.15) is 0 Å². The molecule has 8 heteroatoms. The first-order valence-corrected chi connectivity index (χ1v) is 10.3. The minimum Gasteiger partial charge on any atom is -0.342 e. The topological polar surface area (TPSA) is 84.7 Å². The van der Waals surface area contributed by atoms with E-state index in [0.717, 1.165) is 39.5 Å². The quantitative estimate of drug-likeness (QED) is 0.616. The van der Waals surface area contributed by atoms with Gasteiger partial charge >= 0.3 is 0 Å². The highest BCUT2D eigenvalue weighted by molar-refractivity contribution is 7.97. The zero-order valence-corrected chi connectivity index (χ0v) is 17.6. The third kappa shape index (κ3) is 3.63. The first-order chi connectivity index (χ1) is 14.0. The molecule has 3 aromatic heterocycles. The van der Waals surface area contributed by atoms with Crippen LogP contribution in [0.15, 0.2) is 42.5 Å². The van der Waals surface area contributed by atoms with E-state index in [1.165, 1.54) is 0 Å². The van der Waals surface area contributed by atoms with Crippen molar-refractivity contribution in [1.29, 1.82) is 0 Å². The van der Waals surface area contributed by atoms with Gasteiger partial charge in [0.15, 0.2) is 5.82 Å². The molecule has 0 atom stereocenters. The van der Waals surface area contributed by atoms with Crippen molar-refractivity contribution in [3.05, 3.63) is 59.3 Å². The molecule has 0 saturated heterocycles. The van der Waals surface area contributed by atoms with Crippen LogP contribution in [0.25, 0.3) is 16.8 Å². The lowest BCUT2D eigenvalue weighted by atomic mass is 10.0. The summed E-state index contributed by atoms with van der Waals surface area (Å²) >= 11 is 1.63. The first-order valence-electron chi connectivity index (χ1n) is 9.38. The number of pyridine rings is 2. The van der Waals surface area contributed by atoms with Crippen LogP contribution in [0.5, 0.6) is 0 Å². The van der Waals surface area contributed by atoms with E-state index in [1.807, 2.05) is 43.1 Å². The normalized spacial score (nSPS) is 14.6. The second-order valence-corrected chi connectivity index (χ2v) is 8.03. The van der Waals surface area contributed by atoms with E-state index in [2.05, 4.69) is 32.6 Å². The molecular formula is C21H22N6OS. The molecule has 0 spiro atoms. The molecule has 1 amide bonds. The van der Waals surface area contributed by atoms with Crippen LogP contribution in [0.1, 0.15) is 30.7 Å². The van der Waals surface area contributed by atoms with Crippen LogP contribution in [0.2, 0.25) is 0 Å². The van der Waals surface area contributed by atoms with E-state index in [0.29, 0.717) is 17.1 Å². The molecule has 0 aromatic carbocycles. The highest BCUT2D eigenvalue weighted by atomic mass is 32.2. The van der Waals surface area contributed by atoms with Crippen molar-refractivity contribution in [2.45, 2.75) is 27.7 Å². The lowest BCUT2D eigenvalue weighted by molar-refractivity contribution is -0.110. The summed E-state index contributed by atoms with van der Waals surface area (Å²) < 4.78 is 1.89. The van der Waals surface area contributed by atoms with Crippen molar-refractivity contribution >= 4 is 34.9 Å². The highest BCUT2D eigenvalue weighted by Gasteiger charge is 2.28. The molecule has 0 unspecified atom stereocenters. The van der Waals surface area contributed by atoms with E-state index in [-0.39, 0.29) is 5.91 Å². The summed E-state index contributed by atoms with van der Waals surface area (Å²) in [6.45, 7) is 8.00. The van der Waals surface area contributed by atoms with E-state index < -0.39 is 0 Å². The number of carbonyl (C=O) groups excluding carboxylic acids is 1. The number of allylic oxidation sites excluding steroid dienone is 1. The zero-order chi connectivity index (χ0) is 20.5. The van der Waals surface area contributed by atoms with Crippen LogP contribution >= 0.6 is 11.9 Å². The third-order valence-electron chi connectivity index (χ3n) is 4.75. The summed E-state index contributed by atoms with van der Waals surface area (Å²) in [5.41, 5.74) is 6.74. The molecule has 0 radical (unpaired) electrons. The third-order valence-corrected chi connectivity index (χ3v) is 5.62. The summed E-state index contributed by atoms with van der Waals surface area (Å²) in [6.07, 6.45) is 5.25. The second-order valence-electron chi connectivity index (χ2n) is 6.85. The fourth-order valence-electron chi connectivity index (χ4n) is 3.35. The summed E-state index contributed by atoms with van der Waals surface area (Å²) in [7, 11) is 0. The van der Waals surface area contributed by atoms with E-state index in [4.69, 9.17) is 0 Å². The van der Waals surface area contributed by atoms with Gasteiger partial charge in [0.1, 0.15) is 0 Å². The van der Waals surface area contributed by atoms with Crippen LogP contribution in [0, 0.1) is 13.8 Å². The van der Waals surface area contributed by atoms with Crippen LogP contribution in [-0.4, -0.2) is 30.8 Å². The maximum absolute atomic E-state index is 12.7. The Balaban J connectivity index is 1.72. The minimum atomic E-state index is -0.147. The minimum absolute atomic E-state index is 0.147. The number of anilines is 2. The lowest BCUT2D eigenvalue weighted by Crippen LogP contribution is -2.09. The van der Waals surface area contributed by atoms with Crippen molar-refractivity contribution < 1.29 is 4.79 Å². The monoisotopic (exact) mass is 406 g/mol. The Bertz CT molecular complexity index is 1130. The van der Waals surface area contributed by atoms with Gasteiger partial charge in [0.05, 0.1) is 28.8 Å². The number of hydrogen-bond donors (Lipinski definition) is 2. The summed E-state index contributed by atoms with van der Waals surface area (Å²) in [5, 5.41) is 10.7. The fourth-order valence-corrected chi connectivity index (χ4v) is 3.99. The molecule has 1 aliphatic heterocycles. The SMILES string of the molecule is CCSn1nc(N/C(C)=C2\C(=O)Nc3cnc(-c4cnccc4C)cc32)cc1C. The van der Waals surface area contributed by atoms with Crippen LogP contribution < -0.4 is 10.6 Å². The van der Waals surface area contributed by atoms with Gasteiger partial charge in [-0.1, -0.05) is 6.92 Å². The van der Waals surface area contributed by atoms with Gasteiger partial charge < -0.3 is 10.6 Å². The number of amides is 1. The molecule has 0 saturated carbocycles. The van der Waals surface area contributed by atoms with Gasteiger partial charge in [-0.15, -0.1) is 5.10 Å². The Morgan fingerprint density at radius 1 is 1.24 bits per heavy atom. The predicted octanol–water partition coefficient (Wildman–Crippen LogP) is 4.27. The number of carbonyl (C=O) groups is 1. The average Bonchev–Trinajstić information content (AvgIpc) is 3.20. The van der Waals surface area contributed by atoms with Crippen LogP contribution in [0.4, 0.5) is 11.5 Å². The second kappa shape index (κ2) is 7.71.